The minimum Gasteiger partial charge on any atom is -0.466 e. The average Bonchev–Trinajstić information content (AvgIpc) is 2.52. The maximum atomic E-state index is 13.4. The van der Waals surface area contributed by atoms with Crippen LogP contribution >= 0.6 is 0 Å². The molecule has 0 aromatic heterocycles. The van der Waals surface area contributed by atoms with Gasteiger partial charge in [0.2, 0.25) is 0 Å². The third-order valence-electron chi connectivity index (χ3n) is 3.97. The highest BCUT2D eigenvalue weighted by Crippen LogP contribution is 2.44. The molecule has 24 heavy (non-hydrogen) atoms. The van der Waals surface area contributed by atoms with E-state index in [1.807, 2.05) is 6.07 Å². The van der Waals surface area contributed by atoms with Crippen molar-refractivity contribution in [3.8, 4) is 6.07 Å². The summed E-state index contributed by atoms with van der Waals surface area (Å²) in [5.74, 6) is -2.85. The summed E-state index contributed by atoms with van der Waals surface area (Å²) in [7, 11) is 1.14. The third kappa shape index (κ3) is 3.04. The van der Waals surface area contributed by atoms with Crippen molar-refractivity contribution in [2.75, 3.05) is 7.11 Å². The summed E-state index contributed by atoms with van der Waals surface area (Å²) in [6.07, 6.45) is -4.60. The number of alkyl halides is 3. The van der Waals surface area contributed by atoms with Gasteiger partial charge in [-0.15, -0.1) is 0 Å². The zero-order valence-electron chi connectivity index (χ0n) is 13.3. The Morgan fingerprint density at radius 2 is 1.92 bits per heavy atom. The number of hydrogen-bond donors (Lipinski definition) is 0. The minimum absolute atomic E-state index is 0.0219. The molecule has 0 saturated heterocycles. The molecule has 126 valence electrons. The smallest absolute Gasteiger partial charge is 0.416 e. The average molecular weight is 336 g/mol. The molecule has 2 atom stereocenters. The predicted octanol–water partition coefficient (Wildman–Crippen LogP) is 3.85. The van der Waals surface area contributed by atoms with Crippen molar-refractivity contribution in [2.45, 2.75) is 25.9 Å². The Morgan fingerprint density at radius 1 is 1.29 bits per heavy atom. The van der Waals surface area contributed by atoms with E-state index in [1.54, 1.807) is 6.92 Å². The molecule has 0 spiro atoms. The molecular weight excluding hydrogens is 321 g/mol. The van der Waals surface area contributed by atoms with Gasteiger partial charge in [0, 0.05) is 17.3 Å². The molecule has 7 heteroatoms. The lowest BCUT2D eigenvalue weighted by molar-refractivity contribution is -0.139. The maximum absolute atomic E-state index is 13.4. The van der Waals surface area contributed by atoms with Crippen LogP contribution in [0.2, 0.25) is 0 Å². The molecule has 0 bridgehead atoms. The second kappa shape index (κ2) is 6.48. The predicted molar refractivity (Wildman–Crippen MR) is 81.1 cm³/mol. The lowest BCUT2D eigenvalue weighted by Crippen LogP contribution is -2.30. The van der Waals surface area contributed by atoms with Crippen molar-refractivity contribution in [1.29, 1.82) is 5.26 Å². The van der Waals surface area contributed by atoms with E-state index in [0.717, 1.165) is 13.2 Å². The Morgan fingerprint density at radius 3 is 2.46 bits per heavy atom. The number of benzene rings is 1. The van der Waals surface area contributed by atoms with Gasteiger partial charge in [-0.05, 0) is 25.5 Å². The lowest BCUT2D eigenvalue weighted by atomic mass is 9.75. The second-order valence-electron chi connectivity index (χ2n) is 5.41. The Balaban J connectivity index is 2.76. The van der Waals surface area contributed by atoms with Crippen molar-refractivity contribution in [1.82, 2.24) is 0 Å². The van der Waals surface area contributed by atoms with Crippen LogP contribution in [0.1, 0.15) is 30.9 Å². The van der Waals surface area contributed by atoms with Crippen molar-refractivity contribution in [2.24, 2.45) is 10.9 Å². The van der Waals surface area contributed by atoms with Crippen LogP contribution in [-0.2, 0) is 15.7 Å². The number of hydrogen-bond acceptors (Lipinski definition) is 4. The summed E-state index contributed by atoms with van der Waals surface area (Å²) < 4.78 is 44.9. The first-order chi connectivity index (χ1) is 11.2. The molecule has 1 aromatic carbocycles. The number of ether oxygens (including phenoxy) is 1. The number of nitriles is 1. The van der Waals surface area contributed by atoms with Gasteiger partial charge in [-0.1, -0.05) is 18.2 Å². The van der Waals surface area contributed by atoms with Gasteiger partial charge < -0.3 is 4.74 Å². The molecule has 0 radical (unpaired) electrons. The van der Waals surface area contributed by atoms with Crippen LogP contribution in [0.3, 0.4) is 0 Å². The Kier molecular flexibility index (Phi) is 4.78. The van der Waals surface area contributed by atoms with Crippen LogP contribution < -0.4 is 0 Å². The molecule has 0 saturated carbocycles. The van der Waals surface area contributed by atoms with Gasteiger partial charge in [0.15, 0.2) is 0 Å². The number of halogens is 3. The van der Waals surface area contributed by atoms with E-state index in [4.69, 9.17) is 4.74 Å². The largest absolute Gasteiger partial charge is 0.466 e. The van der Waals surface area contributed by atoms with E-state index in [1.165, 1.54) is 25.1 Å². The van der Waals surface area contributed by atoms with E-state index >= 15 is 0 Å². The standard InChI is InChI=1S/C17H15F3N2O2/c1-9-12(8-21)15(14(10(2)22-9)16(23)24-3)11-6-4-5-7-13(11)17(18,19)20/h4-7,12,15H,1-3H3. The summed E-state index contributed by atoms with van der Waals surface area (Å²) in [6.45, 7) is 3.08. The highest BCUT2D eigenvalue weighted by atomic mass is 19.4. The quantitative estimate of drug-likeness (QED) is 0.771. The number of esters is 1. The molecule has 1 aliphatic rings. The van der Waals surface area contributed by atoms with Crippen molar-refractivity contribution in [3.63, 3.8) is 0 Å². The molecular formula is C17H15F3N2O2. The fourth-order valence-corrected chi connectivity index (χ4v) is 2.94. The number of nitrogens with zero attached hydrogens (tertiary/aromatic N) is 2. The van der Waals surface area contributed by atoms with Gasteiger partial charge in [-0.25, -0.2) is 4.79 Å². The van der Waals surface area contributed by atoms with Crippen LogP contribution in [0, 0.1) is 17.2 Å². The van der Waals surface area contributed by atoms with Crippen LogP contribution in [-0.4, -0.2) is 18.8 Å². The summed E-state index contributed by atoms with van der Waals surface area (Å²) in [4.78, 5) is 16.3. The number of methoxy groups -OCH3 is 1. The molecule has 0 amide bonds. The Hall–Kier alpha value is -2.62. The molecule has 0 N–H and O–H groups in total. The first-order valence-electron chi connectivity index (χ1n) is 7.12. The zero-order valence-corrected chi connectivity index (χ0v) is 13.3. The van der Waals surface area contributed by atoms with Gasteiger partial charge in [0.1, 0.15) is 0 Å². The molecule has 4 nitrogen and oxygen atoms in total. The van der Waals surface area contributed by atoms with Crippen LogP contribution in [0.5, 0.6) is 0 Å². The number of carbonyl (C=O) groups excluding carboxylic acids is 1. The zero-order chi connectivity index (χ0) is 18.1. The molecule has 2 unspecified atom stereocenters. The van der Waals surface area contributed by atoms with Gasteiger partial charge in [-0.3, -0.25) is 4.99 Å². The number of carbonyl (C=O) groups is 1. The Bertz CT molecular complexity index is 773. The SMILES string of the molecule is COC(=O)C1=C(C)N=C(C)C(C#N)C1c1ccccc1C(F)(F)F. The number of aliphatic imine (C=N–C) groups is 1. The van der Waals surface area contributed by atoms with Gasteiger partial charge >= 0.3 is 12.1 Å². The molecule has 1 aliphatic heterocycles. The van der Waals surface area contributed by atoms with Crippen LogP contribution in [0.25, 0.3) is 0 Å². The van der Waals surface area contributed by atoms with Crippen LogP contribution in [0.15, 0.2) is 40.5 Å². The number of allylic oxidation sites excluding steroid dienone is 1. The van der Waals surface area contributed by atoms with Crippen molar-refractivity contribution < 1.29 is 22.7 Å². The first-order valence-corrected chi connectivity index (χ1v) is 7.12. The van der Waals surface area contributed by atoms with E-state index < -0.39 is 29.5 Å². The van der Waals surface area contributed by atoms with Gasteiger partial charge in [-0.2, -0.15) is 18.4 Å². The molecule has 0 aliphatic carbocycles. The topological polar surface area (TPSA) is 62.4 Å². The molecule has 1 heterocycles. The van der Waals surface area contributed by atoms with E-state index in [-0.39, 0.29) is 16.8 Å². The summed E-state index contributed by atoms with van der Waals surface area (Å²) in [6, 6.07) is 6.91. The maximum Gasteiger partial charge on any atom is 0.416 e. The summed E-state index contributed by atoms with van der Waals surface area (Å²) >= 11 is 0. The number of rotatable bonds is 2. The van der Waals surface area contributed by atoms with Gasteiger partial charge in [0.05, 0.1) is 30.2 Å². The van der Waals surface area contributed by atoms with E-state index in [0.29, 0.717) is 5.71 Å². The molecule has 1 aromatic rings. The Labute approximate surface area is 137 Å². The van der Waals surface area contributed by atoms with E-state index in [2.05, 4.69) is 4.99 Å². The normalized spacial score (nSPS) is 21.1. The van der Waals surface area contributed by atoms with Crippen LogP contribution in [0.4, 0.5) is 13.2 Å². The highest BCUT2D eigenvalue weighted by molar-refractivity contribution is 5.98. The molecule has 0 fully saturated rings. The fourth-order valence-electron chi connectivity index (χ4n) is 2.94. The van der Waals surface area contributed by atoms with E-state index in [9.17, 15) is 23.2 Å². The summed E-state index contributed by atoms with van der Waals surface area (Å²) in [5, 5.41) is 9.46. The fraction of sp³-hybridized carbons (Fsp3) is 0.353. The second-order valence-corrected chi connectivity index (χ2v) is 5.41. The minimum atomic E-state index is -4.60. The third-order valence-corrected chi connectivity index (χ3v) is 3.97. The monoisotopic (exact) mass is 336 g/mol. The first kappa shape index (κ1) is 17.7. The van der Waals surface area contributed by atoms with Crippen molar-refractivity contribution >= 4 is 11.7 Å². The highest BCUT2D eigenvalue weighted by Gasteiger charge is 2.42. The van der Waals surface area contributed by atoms with Gasteiger partial charge in [0.25, 0.3) is 0 Å². The summed E-state index contributed by atoms with van der Waals surface area (Å²) in [5.41, 5.74) is -0.409. The molecule has 2 rings (SSSR count). The lowest BCUT2D eigenvalue weighted by Gasteiger charge is -2.30. The van der Waals surface area contributed by atoms with Crippen molar-refractivity contribution in [3.05, 3.63) is 46.7 Å².